The Bertz CT molecular complexity index is 993. The van der Waals surface area contributed by atoms with E-state index in [4.69, 9.17) is 9.97 Å². The number of rotatable bonds is 5. The van der Waals surface area contributed by atoms with Gasteiger partial charge < -0.3 is 14.7 Å². The van der Waals surface area contributed by atoms with Gasteiger partial charge in [-0.25, -0.2) is 9.97 Å². The van der Waals surface area contributed by atoms with Gasteiger partial charge in [-0.15, -0.1) is 11.3 Å². The van der Waals surface area contributed by atoms with Crippen LogP contribution < -0.4 is 4.90 Å². The van der Waals surface area contributed by atoms with Crippen LogP contribution in [0.25, 0.3) is 21.3 Å². The van der Waals surface area contributed by atoms with Crippen molar-refractivity contribution in [1.29, 1.82) is 0 Å². The summed E-state index contributed by atoms with van der Waals surface area (Å²) < 4.78 is 0. The van der Waals surface area contributed by atoms with Gasteiger partial charge in [0, 0.05) is 43.5 Å². The first-order valence-corrected chi connectivity index (χ1v) is 11.0. The van der Waals surface area contributed by atoms with Crippen LogP contribution >= 0.6 is 11.3 Å². The number of aromatic nitrogens is 2. The Morgan fingerprint density at radius 1 is 1.10 bits per heavy atom. The fraction of sp³-hybridized carbons (Fsp3) is 0.409. The fourth-order valence-electron chi connectivity index (χ4n) is 3.77. The highest BCUT2D eigenvalue weighted by molar-refractivity contribution is 7.17. The second-order valence-electron chi connectivity index (χ2n) is 7.62. The molecule has 1 fully saturated rings. The van der Waals surface area contributed by atoms with Crippen LogP contribution in [-0.2, 0) is 11.3 Å². The molecule has 2 aromatic heterocycles. The van der Waals surface area contributed by atoms with Gasteiger partial charge in [-0.05, 0) is 19.7 Å². The molecule has 6 nitrogen and oxygen atoms in total. The molecule has 0 spiro atoms. The highest BCUT2D eigenvalue weighted by Gasteiger charge is 2.25. The lowest BCUT2D eigenvalue weighted by molar-refractivity contribution is -0.131. The van der Waals surface area contributed by atoms with Crippen LogP contribution in [0.3, 0.4) is 0 Å². The molecule has 1 aromatic carbocycles. The second kappa shape index (κ2) is 8.47. The van der Waals surface area contributed by atoms with Crippen molar-refractivity contribution in [3.8, 4) is 11.1 Å². The molecule has 0 saturated carbocycles. The minimum absolute atomic E-state index is 0.228. The molecule has 0 bridgehead atoms. The summed E-state index contributed by atoms with van der Waals surface area (Å²) in [5, 5.41) is 3.31. The number of carbonyl (C=O) groups is 1. The smallest absolute Gasteiger partial charge is 0.222 e. The molecule has 1 saturated heterocycles. The summed E-state index contributed by atoms with van der Waals surface area (Å²) in [7, 11) is 4.07. The first kappa shape index (κ1) is 19.8. The van der Waals surface area contributed by atoms with Gasteiger partial charge in [0.15, 0.2) is 0 Å². The predicted octanol–water partition coefficient (Wildman–Crippen LogP) is 3.48. The average Bonchev–Trinajstić information content (AvgIpc) is 3.17. The Morgan fingerprint density at radius 2 is 1.83 bits per heavy atom. The number of piperazine rings is 1. The van der Waals surface area contributed by atoms with Crippen LogP contribution in [0.5, 0.6) is 0 Å². The van der Waals surface area contributed by atoms with Crippen molar-refractivity contribution in [1.82, 2.24) is 19.8 Å². The lowest BCUT2D eigenvalue weighted by Crippen LogP contribution is -2.49. The molecule has 29 heavy (non-hydrogen) atoms. The van der Waals surface area contributed by atoms with Crippen molar-refractivity contribution in [3.63, 3.8) is 0 Å². The summed E-state index contributed by atoms with van der Waals surface area (Å²) >= 11 is 1.68. The topological polar surface area (TPSA) is 52.6 Å². The Labute approximate surface area is 175 Å². The van der Waals surface area contributed by atoms with Gasteiger partial charge in [0.05, 0.1) is 11.9 Å². The van der Waals surface area contributed by atoms with Crippen LogP contribution in [-0.4, -0.2) is 65.9 Å². The molecule has 0 N–H and O–H groups in total. The van der Waals surface area contributed by atoms with E-state index in [0.29, 0.717) is 13.0 Å². The minimum atomic E-state index is 0.228. The number of carbonyl (C=O) groups excluding carboxylic acids is 1. The molecule has 0 unspecified atom stereocenters. The maximum atomic E-state index is 12.1. The van der Waals surface area contributed by atoms with Crippen LogP contribution in [0.2, 0.25) is 0 Å². The monoisotopic (exact) mass is 409 g/mol. The van der Waals surface area contributed by atoms with Crippen LogP contribution in [0, 0.1) is 0 Å². The molecule has 0 atom stereocenters. The average molecular weight is 410 g/mol. The van der Waals surface area contributed by atoms with E-state index in [1.807, 2.05) is 32.0 Å². The molecule has 0 radical (unpaired) electrons. The van der Waals surface area contributed by atoms with Crippen molar-refractivity contribution in [2.75, 3.05) is 45.2 Å². The maximum Gasteiger partial charge on any atom is 0.222 e. The molecule has 3 heterocycles. The SMILES string of the molecule is CCC(=O)N1CCN(c2nc(CN(C)C)nc3scc(-c4ccccc4)c23)CC1. The number of benzene rings is 1. The summed E-state index contributed by atoms with van der Waals surface area (Å²) in [4.78, 5) is 29.3. The van der Waals surface area contributed by atoms with Gasteiger partial charge in [0.2, 0.25) is 5.91 Å². The Kier molecular flexibility index (Phi) is 5.78. The van der Waals surface area contributed by atoms with Gasteiger partial charge in [-0.3, -0.25) is 4.79 Å². The summed E-state index contributed by atoms with van der Waals surface area (Å²) in [5.74, 6) is 2.06. The van der Waals surface area contributed by atoms with E-state index in [-0.39, 0.29) is 5.91 Å². The molecule has 152 valence electrons. The zero-order chi connectivity index (χ0) is 20.4. The normalized spacial score (nSPS) is 14.8. The number of amides is 1. The molecule has 4 rings (SSSR count). The van der Waals surface area contributed by atoms with E-state index < -0.39 is 0 Å². The number of hydrogen-bond donors (Lipinski definition) is 0. The predicted molar refractivity (Wildman–Crippen MR) is 119 cm³/mol. The Morgan fingerprint density at radius 3 is 2.48 bits per heavy atom. The van der Waals surface area contributed by atoms with Crippen LogP contribution in [0.1, 0.15) is 19.2 Å². The lowest BCUT2D eigenvalue weighted by atomic mass is 10.1. The third-order valence-corrected chi connectivity index (χ3v) is 6.11. The quantitative estimate of drug-likeness (QED) is 0.646. The van der Waals surface area contributed by atoms with Gasteiger partial charge in [0.1, 0.15) is 16.5 Å². The van der Waals surface area contributed by atoms with E-state index in [0.717, 1.165) is 48.0 Å². The molecule has 1 aliphatic rings. The third kappa shape index (κ3) is 4.11. The largest absolute Gasteiger partial charge is 0.352 e. The van der Waals surface area contributed by atoms with E-state index in [2.05, 4.69) is 39.4 Å². The minimum Gasteiger partial charge on any atom is -0.352 e. The summed E-state index contributed by atoms with van der Waals surface area (Å²) in [6.07, 6.45) is 0.563. The standard InChI is InChI=1S/C22H27N5OS/c1-4-19(28)26-10-12-27(13-11-26)21-20-17(16-8-6-5-7-9-16)15-29-22(20)24-18(23-21)14-25(2)3/h5-9,15H,4,10-14H2,1-3H3. The van der Waals surface area contributed by atoms with Crippen molar-refractivity contribution in [3.05, 3.63) is 41.5 Å². The Balaban J connectivity index is 1.76. The zero-order valence-electron chi connectivity index (χ0n) is 17.3. The van der Waals surface area contributed by atoms with Crippen molar-refractivity contribution in [2.24, 2.45) is 0 Å². The maximum absolute atomic E-state index is 12.1. The molecule has 1 amide bonds. The van der Waals surface area contributed by atoms with Crippen molar-refractivity contribution in [2.45, 2.75) is 19.9 Å². The second-order valence-corrected chi connectivity index (χ2v) is 8.48. The zero-order valence-corrected chi connectivity index (χ0v) is 18.1. The molecular formula is C22H27N5OS. The van der Waals surface area contributed by atoms with Gasteiger partial charge in [0.25, 0.3) is 0 Å². The number of thiophene rings is 1. The number of nitrogens with zero attached hydrogens (tertiary/aromatic N) is 5. The van der Waals surface area contributed by atoms with Crippen molar-refractivity contribution < 1.29 is 4.79 Å². The molecule has 7 heteroatoms. The van der Waals surface area contributed by atoms with Crippen LogP contribution in [0.4, 0.5) is 5.82 Å². The highest BCUT2D eigenvalue weighted by Crippen LogP contribution is 2.38. The van der Waals surface area contributed by atoms with Gasteiger partial charge >= 0.3 is 0 Å². The Hall–Kier alpha value is -2.51. The summed E-state index contributed by atoms with van der Waals surface area (Å²) in [6.45, 7) is 5.70. The third-order valence-electron chi connectivity index (χ3n) is 5.24. The van der Waals surface area contributed by atoms with Gasteiger partial charge in [-0.1, -0.05) is 37.3 Å². The van der Waals surface area contributed by atoms with E-state index in [1.54, 1.807) is 11.3 Å². The van der Waals surface area contributed by atoms with Crippen LogP contribution in [0.15, 0.2) is 35.7 Å². The van der Waals surface area contributed by atoms with E-state index in [9.17, 15) is 4.79 Å². The first-order chi connectivity index (χ1) is 14.1. The number of anilines is 1. The highest BCUT2D eigenvalue weighted by atomic mass is 32.1. The summed E-state index contributed by atoms with van der Waals surface area (Å²) in [6, 6.07) is 10.4. The number of hydrogen-bond acceptors (Lipinski definition) is 6. The fourth-order valence-corrected chi connectivity index (χ4v) is 4.73. The first-order valence-electron chi connectivity index (χ1n) is 10.1. The van der Waals surface area contributed by atoms with Gasteiger partial charge in [-0.2, -0.15) is 0 Å². The molecule has 0 aliphatic carbocycles. The molecule has 3 aromatic rings. The number of fused-ring (bicyclic) bond motifs is 1. The molecular weight excluding hydrogens is 382 g/mol. The van der Waals surface area contributed by atoms with E-state index >= 15 is 0 Å². The molecule has 1 aliphatic heterocycles. The lowest BCUT2D eigenvalue weighted by Gasteiger charge is -2.36. The summed E-state index contributed by atoms with van der Waals surface area (Å²) in [5.41, 5.74) is 2.37. The van der Waals surface area contributed by atoms with Crippen molar-refractivity contribution >= 4 is 33.3 Å². The van der Waals surface area contributed by atoms with E-state index in [1.165, 1.54) is 11.1 Å².